The number of aromatic nitrogens is 2. The smallest absolute Gasteiger partial charge is 0.277 e. The molecule has 0 radical (unpaired) electrons. The van der Waals surface area contributed by atoms with Crippen LogP contribution in [0.3, 0.4) is 0 Å². The normalized spacial score (nSPS) is 10.5. The maximum Gasteiger partial charge on any atom is 0.277 e. The van der Waals surface area contributed by atoms with Gasteiger partial charge in [0.2, 0.25) is 11.8 Å². The molecule has 2 aromatic carbocycles. The third-order valence-electron chi connectivity index (χ3n) is 3.66. The largest absolute Gasteiger partial charge is 0.411 e. The Morgan fingerprint density at radius 2 is 1.82 bits per heavy atom. The summed E-state index contributed by atoms with van der Waals surface area (Å²) >= 11 is 7.24. The Hall–Kier alpha value is -2.84. The zero-order valence-corrected chi connectivity index (χ0v) is 16.8. The lowest BCUT2D eigenvalue weighted by atomic mass is 10.2. The Balaban J connectivity index is 1.55. The van der Waals surface area contributed by atoms with Gasteiger partial charge in [-0.1, -0.05) is 35.5 Å². The second-order valence-electron chi connectivity index (χ2n) is 5.97. The van der Waals surface area contributed by atoms with E-state index in [1.807, 2.05) is 12.1 Å². The highest BCUT2D eigenvalue weighted by atomic mass is 35.5. The van der Waals surface area contributed by atoms with Gasteiger partial charge in [0.25, 0.3) is 11.1 Å². The van der Waals surface area contributed by atoms with Crippen LogP contribution in [0.25, 0.3) is 11.5 Å². The van der Waals surface area contributed by atoms with Crippen LogP contribution in [-0.2, 0) is 4.79 Å². The first kappa shape index (κ1) is 19.9. The van der Waals surface area contributed by atoms with Crippen LogP contribution in [0.5, 0.6) is 0 Å². The van der Waals surface area contributed by atoms with Crippen LogP contribution >= 0.6 is 23.4 Å². The van der Waals surface area contributed by atoms with Crippen LogP contribution in [0, 0.1) is 0 Å². The van der Waals surface area contributed by atoms with Crippen molar-refractivity contribution in [2.45, 2.75) is 5.22 Å². The predicted octanol–water partition coefficient (Wildman–Crippen LogP) is 3.82. The molecule has 0 aliphatic rings. The molecule has 9 heteroatoms. The monoisotopic (exact) mass is 416 g/mol. The molecule has 3 rings (SSSR count). The van der Waals surface area contributed by atoms with E-state index in [4.69, 9.17) is 16.0 Å². The van der Waals surface area contributed by atoms with Crippen molar-refractivity contribution >= 4 is 40.9 Å². The standard InChI is InChI=1S/C19H17ClN4O3S/c1-24(2)18(26)12-7-9-13(10-8-12)21-16(25)11-28-19-23-22-17(27-19)14-5-3-4-6-15(14)20/h3-10H,11H2,1-2H3,(H,21,25). The minimum Gasteiger partial charge on any atom is -0.411 e. The van der Waals surface area contributed by atoms with Gasteiger partial charge in [-0.3, -0.25) is 9.59 Å². The molecule has 0 aliphatic carbocycles. The highest BCUT2D eigenvalue weighted by Gasteiger charge is 2.14. The van der Waals surface area contributed by atoms with Crippen molar-refractivity contribution in [1.82, 2.24) is 15.1 Å². The molecule has 1 N–H and O–H groups in total. The number of nitrogens with zero attached hydrogens (tertiary/aromatic N) is 3. The first-order valence-electron chi connectivity index (χ1n) is 8.27. The summed E-state index contributed by atoms with van der Waals surface area (Å²) in [5, 5.41) is 11.4. The van der Waals surface area contributed by atoms with Gasteiger partial charge in [-0.05, 0) is 36.4 Å². The quantitative estimate of drug-likeness (QED) is 0.614. The number of nitrogens with one attached hydrogen (secondary N) is 1. The van der Waals surface area contributed by atoms with Gasteiger partial charge < -0.3 is 14.6 Å². The molecule has 1 heterocycles. The number of rotatable bonds is 6. The van der Waals surface area contributed by atoms with E-state index in [-0.39, 0.29) is 22.8 Å². The predicted molar refractivity (Wildman–Crippen MR) is 109 cm³/mol. The second-order valence-corrected chi connectivity index (χ2v) is 7.30. The molecule has 0 saturated heterocycles. The van der Waals surface area contributed by atoms with Crippen molar-refractivity contribution in [3.05, 3.63) is 59.1 Å². The van der Waals surface area contributed by atoms with Gasteiger partial charge in [0.05, 0.1) is 16.3 Å². The van der Waals surface area contributed by atoms with E-state index in [2.05, 4.69) is 15.5 Å². The molecule has 0 aliphatic heterocycles. The topological polar surface area (TPSA) is 88.3 Å². The number of carbonyl (C=O) groups is 2. The molecule has 144 valence electrons. The van der Waals surface area contributed by atoms with Crippen LogP contribution in [0.2, 0.25) is 5.02 Å². The summed E-state index contributed by atoms with van der Waals surface area (Å²) in [5.41, 5.74) is 1.79. The fourth-order valence-electron chi connectivity index (χ4n) is 2.29. The fraction of sp³-hybridized carbons (Fsp3) is 0.158. The Morgan fingerprint density at radius 3 is 2.50 bits per heavy atom. The van der Waals surface area contributed by atoms with Gasteiger partial charge in [0.15, 0.2) is 0 Å². The number of thioether (sulfide) groups is 1. The average molecular weight is 417 g/mol. The highest BCUT2D eigenvalue weighted by Crippen LogP contribution is 2.28. The van der Waals surface area contributed by atoms with E-state index in [1.165, 1.54) is 4.90 Å². The van der Waals surface area contributed by atoms with Crippen molar-refractivity contribution in [2.24, 2.45) is 0 Å². The Kier molecular flexibility index (Phi) is 6.33. The molecule has 0 saturated carbocycles. The third kappa shape index (κ3) is 4.90. The van der Waals surface area contributed by atoms with E-state index in [0.29, 0.717) is 27.7 Å². The molecule has 0 atom stereocenters. The lowest BCUT2D eigenvalue weighted by molar-refractivity contribution is -0.113. The van der Waals surface area contributed by atoms with Crippen molar-refractivity contribution in [3.8, 4) is 11.5 Å². The number of benzene rings is 2. The van der Waals surface area contributed by atoms with Crippen molar-refractivity contribution < 1.29 is 14.0 Å². The van der Waals surface area contributed by atoms with Gasteiger partial charge in [0, 0.05) is 25.3 Å². The zero-order chi connectivity index (χ0) is 20.1. The van der Waals surface area contributed by atoms with Crippen molar-refractivity contribution in [3.63, 3.8) is 0 Å². The molecule has 3 aromatic rings. The van der Waals surface area contributed by atoms with Crippen LogP contribution in [0.1, 0.15) is 10.4 Å². The maximum absolute atomic E-state index is 12.1. The number of hydrogen-bond acceptors (Lipinski definition) is 6. The number of amides is 2. The van der Waals surface area contributed by atoms with Gasteiger partial charge in [0.1, 0.15) is 0 Å². The van der Waals surface area contributed by atoms with E-state index in [0.717, 1.165) is 11.8 Å². The van der Waals surface area contributed by atoms with Crippen LogP contribution in [0.4, 0.5) is 5.69 Å². The third-order valence-corrected chi connectivity index (χ3v) is 4.81. The molecule has 7 nitrogen and oxygen atoms in total. The van der Waals surface area contributed by atoms with E-state index < -0.39 is 0 Å². The Labute approximate surface area is 171 Å². The van der Waals surface area contributed by atoms with Crippen LogP contribution in [0.15, 0.2) is 58.2 Å². The molecule has 0 bridgehead atoms. The minimum atomic E-state index is -0.228. The first-order valence-corrected chi connectivity index (χ1v) is 9.63. The summed E-state index contributed by atoms with van der Waals surface area (Å²) in [6.07, 6.45) is 0. The molecular formula is C19H17ClN4O3S. The Bertz CT molecular complexity index is 989. The van der Waals surface area contributed by atoms with E-state index in [9.17, 15) is 9.59 Å². The van der Waals surface area contributed by atoms with E-state index >= 15 is 0 Å². The number of carbonyl (C=O) groups excluding carboxylic acids is 2. The van der Waals surface area contributed by atoms with Crippen LogP contribution < -0.4 is 5.32 Å². The summed E-state index contributed by atoms with van der Waals surface area (Å²) in [6, 6.07) is 13.8. The average Bonchev–Trinajstić information content (AvgIpc) is 3.15. The van der Waals surface area contributed by atoms with Gasteiger partial charge in [-0.2, -0.15) is 0 Å². The molecule has 0 fully saturated rings. The fourth-order valence-corrected chi connectivity index (χ4v) is 3.07. The Morgan fingerprint density at radius 1 is 1.11 bits per heavy atom. The summed E-state index contributed by atoms with van der Waals surface area (Å²) < 4.78 is 5.55. The molecule has 2 amide bonds. The number of hydrogen-bond donors (Lipinski definition) is 1. The lowest BCUT2D eigenvalue weighted by Gasteiger charge is -2.10. The molecular weight excluding hydrogens is 400 g/mol. The molecule has 1 aromatic heterocycles. The molecule has 28 heavy (non-hydrogen) atoms. The molecule has 0 spiro atoms. The van der Waals surface area contributed by atoms with Gasteiger partial charge >= 0.3 is 0 Å². The van der Waals surface area contributed by atoms with Gasteiger partial charge in [-0.15, -0.1) is 10.2 Å². The highest BCUT2D eigenvalue weighted by molar-refractivity contribution is 7.99. The van der Waals surface area contributed by atoms with Crippen molar-refractivity contribution in [2.75, 3.05) is 25.2 Å². The first-order chi connectivity index (χ1) is 13.4. The maximum atomic E-state index is 12.1. The number of halogens is 1. The molecule has 0 unspecified atom stereocenters. The number of anilines is 1. The summed E-state index contributed by atoms with van der Waals surface area (Å²) in [6.45, 7) is 0. The van der Waals surface area contributed by atoms with Gasteiger partial charge in [-0.25, -0.2) is 0 Å². The van der Waals surface area contributed by atoms with Crippen LogP contribution in [-0.4, -0.2) is 46.8 Å². The second kappa shape index (κ2) is 8.90. The summed E-state index contributed by atoms with van der Waals surface area (Å²) in [5.74, 6) is 0.0747. The van der Waals surface area contributed by atoms with E-state index in [1.54, 1.807) is 50.5 Å². The summed E-state index contributed by atoms with van der Waals surface area (Å²) in [7, 11) is 3.37. The summed E-state index contributed by atoms with van der Waals surface area (Å²) in [4.78, 5) is 25.5. The van der Waals surface area contributed by atoms with Crippen molar-refractivity contribution in [1.29, 1.82) is 0 Å². The SMILES string of the molecule is CN(C)C(=O)c1ccc(NC(=O)CSc2nnc(-c3ccccc3Cl)o2)cc1. The lowest BCUT2D eigenvalue weighted by Crippen LogP contribution is -2.21. The zero-order valence-electron chi connectivity index (χ0n) is 15.2. The minimum absolute atomic E-state index is 0.0980.